The summed E-state index contributed by atoms with van der Waals surface area (Å²) >= 11 is 0. The number of fused-ring (bicyclic) bond motifs is 2. The maximum atomic E-state index is 13.8. The molecule has 3 aliphatic rings. The van der Waals surface area contributed by atoms with Crippen molar-refractivity contribution in [2.24, 2.45) is 30.7 Å². The minimum absolute atomic E-state index is 0.0398. The van der Waals surface area contributed by atoms with E-state index in [1.54, 1.807) is 25.2 Å². The number of ketones is 1. The van der Waals surface area contributed by atoms with Gasteiger partial charge in [0.05, 0.1) is 25.8 Å². The van der Waals surface area contributed by atoms with Gasteiger partial charge in [-0.05, 0) is 60.8 Å². The van der Waals surface area contributed by atoms with Crippen LogP contribution in [0.15, 0.2) is 49.0 Å². The van der Waals surface area contributed by atoms with Crippen LogP contribution in [-0.2, 0) is 11.8 Å². The lowest BCUT2D eigenvalue weighted by atomic mass is 9.64. The molecule has 8 heteroatoms. The number of carbonyl (C=O) groups excluding carboxylic acids is 1. The van der Waals surface area contributed by atoms with Crippen molar-refractivity contribution in [3.05, 3.63) is 54.5 Å². The van der Waals surface area contributed by atoms with E-state index in [1.165, 1.54) is 5.57 Å². The van der Waals surface area contributed by atoms with E-state index in [2.05, 4.69) is 50.3 Å². The van der Waals surface area contributed by atoms with Crippen molar-refractivity contribution in [3.63, 3.8) is 0 Å². The minimum Gasteiger partial charge on any atom is -0.493 e. The highest BCUT2D eigenvalue weighted by atomic mass is 16.5. The number of rotatable bonds is 5. The molecule has 0 spiro atoms. The Bertz CT molecular complexity index is 1390. The van der Waals surface area contributed by atoms with E-state index in [1.807, 2.05) is 19.3 Å². The maximum absolute atomic E-state index is 13.8. The average Bonchev–Trinajstić information content (AvgIpc) is 3.34. The van der Waals surface area contributed by atoms with Gasteiger partial charge in [-0.1, -0.05) is 24.3 Å². The standard InChI is InChI=1S/C29H33N5O3/c1-33-28-24(16-32-33)29(31-17-30-28)34-12-10-18(11-13-34)23-15-22(20-6-4-5-7-21(20)27(23)35)19-8-9-25(36-2)26(14-19)37-3/h4-5,8-9,14-18,20-21,23H,6-7,10-13H2,1-3H3/t20-,21+,23?/m0/s1. The summed E-state index contributed by atoms with van der Waals surface area (Å²) in [6, 6.07) is 6.13. The predicted molar refractivity (Wildman–Crippen MR) is 143 cm³/mol. The molecule has 0 radical (unpaired) electrons. The van der Waals surface area contributed by atoms with Gasteiger partial charge in [-0.3, -0.25) is 9.48 Å². The van der Waals surface area contributed by atoms with Gasteiger partial charge in [-0.15, -0.1) is 0 Å². The van der Waals surface area contributed by atoms with Crippen molar-refractivity contribution >= 4 is 28.2 Å². The molecule has 192 valence electrons. The van der Waals surface area contributed by atoms with Crippen molar-refractivity contribution in [2.75, 3.05) is 32.2 Å². The monoisotopic (exact) mass is 499 g/mol. The fourth-order valence-electron chi connectivity index (χ4n) is 6.49. The van der Waals surface area contributed by atoms with E-state index in [9.17, 15) is 4.79 Å². The van der Waals surface area contributed by atoms with E-state index in [0.717, 1.165) is 72.7 Å². The topological polar surface area (TPSA) is 82.4 Å². The van der Waals surface area contributed by atoms with Gasteiger partial charge in [0, 0.05) is 32.0 Å². The first-order valence-electron chi connectivity index (χ1n) is 13.1. The number of anilines is 1. The minimum atomic E-state index is -0.0678. The second-order valence-corrected chi connectivity index (χ2v) is 10.3. The molecule has 37 heavy (non-hydrogen) atoms. The molecule has 3 aromatic rings. The molecule has 0 bridgehead atoms. The van der Waals surface area contributed by atoms with Gasteiger partial charge in [-0.2, -0.15) is 5.10 Å². The van der Waals surface area contributed by atoms with Crippen LogP contribution in [0.25, 0.3) is 16.6 Å². The molecule has 1 fully saturated rings. The third-order valence-corrected chi connectivity index (χ3v) is 8.46. The van der Waals surface area contributed by atoms with Crippen LogP contribution in [-0.4, -0.2) is 52.8 Å². The SMILES string of the molecule is COc1ccc(C2=CC(C3CCN(c4ncnc5c4cnn5C)CC3)C(=O)[C@@H]3CC=CC[C@H]23)cc1OC. The molecule has 0 N–H and O–H groups in total. The lowest BCUT2D eigenvalue weighted by Gasteiger charge is -2.41. The molecular formula is C29H33N5O3. The first-order chi connectivity index (χ1) is 18.1. The summed E-state index contributed by atoms with van der Waals surface area (Å²) in [4.78, 5) is 25.1. The van der Waals surface area contributed by atoms with Crippen LogP contribution >= 0.6 is 0 Å². The van der Waals surface area contributed by atoms with E-state index in [0.29, 0.717) is 11.7 Å². The summed E-state index contributed by atoms with van der Waals surface area (Å²) in [6.45, 7) is 1.73. The Morgan fingerprint density at radius 1 is 0.973 bits per heavy atom. The zero-order valence-electron chi connectivity index (χ0n) is 21.6. The lowest BCUT2D eigenvalue weighted by molar-refractivity contribution is -0.128. The van der Waals surface area contributed by atoms with Crippen molar-refractivity contribution in [3.8, 4) is 11.5 Å². The predicted octanol–water partition coefficient (Wildman–Crippen LogP) is 4.46. The second-order valence-electron chi connectivity index (χ2n) is 10.3. The Morgan fingerprint density at radius 3 is 2.49 bits per heavy atom. The van der Waals surface area contributed by atoms with Gasteiger partial charge < -0.3 is 14.4 Å². The van der Waals surface area contributed by atoms with Crippen LogP contribution in [0.2, 0.25) is 0 Å². The Labute approximate surface area is 217 Å². The lowest BCUT2D eigenvalue weighted by Crippen LogP contribution is -2.42. The molecule has 0 saturated carbocycles. The summed E-state index contributed by atoms with van der Waals surface area (Å²) in [5.41, 5.74) is 3.24. The largest absolute Gasteiger partial charge is 0.493 e. The van der Waals surface area contributed by atoms with Crippen LogP contribution in [0.5, 0.6) is 11.5 Å². The Balaban J connectivity index is 1.28. The van der Waals surface area contributed by atoms with Crippen molar-refractivity contribution < 1.29 is 14.3 Å². The van der Waals surface area contributed by atoms with Gasteiger partial charge in [-0.25, -0.2) is 9.97 Å². The van der Waals surface area contributed by atoms with Crippen molar-refractivity contribution in [2.45, 2.75) is 25.7 Å². The number of methoxy groups -OCH3 is 2. The molecule has 6 rings (SSSR count). The summed E-state index contributed by atoms with van der Waals surface area (Å²) < 4.78 is 12.8. The number of nitrogens with zero attached hydrogens (tertiary/aromatic N) is 5. The smallest absolute Gasteiger partial charge is 0.163 e. The summed E-state index contributed by atoms with van der Waals surface area (Å²) in [5, 5.41) is 5.34. The summed E-state index contributed by atoms with van der Waals surface area (Å²) in [6.07, 6.45) is 13.8. The number of allylic oxidation sites excluding steroid dienone is 4. The molecule has 1 aromatic carbocycles. The molecule has 1 aliphatic heterocycles. The van der Waals surface area contributed by atoms with Gasteiger partial charge >= 0.3 is 0 Å². The van der Waals surface area contributed by atoms with Crippen LogP contribution in [0.3, 0.4) is 0 Å². The highest BCUT2D eigenvalue weighted by Crippen LogP contribution is 2.47. The van der Waals surface area contributed by atoms with E-state index < -0.39 is 0 Å². The molecule has 1 saturated heterocycles. The number of carbonyl (C=O) groups is 1. The van der Waals surface area contributed by atoms with Gasteiger partial charge in [0.15, 0.2) is 17.1 Å². The van der Waals surface area contributed by atoms with Crippen LogP contribution in [0, 0.1) is 23.7 Å². The summed E-state index contributed by atoms with van der Waals surface area (Å²) in [5.74, 6) is 3.29. The second kappa shape index (κ2) is 9.65. The number of aromatic nitrogens is 4. The van der Waals surface area contributed by atoms with Gasteiger partial charge in [0.2, 0.25) is 0 Å². The molecule has 2 aromatic heterocycles. The molecular weight excluding hydrogens is 466 g/mol. The maximum Gasteiger partial charge on any atom is 0.163 e. The van der Waals surface area contributed by atoms with Crippen molar-refractivity contribution in [1.82, 2.24) is 19.7 Å². The number of Topliss-reactive ketones (excluding diaryl/α,β-unsaturated/α-hetero) is 1. The Hall–Kier alpha value is -3.68. The molecule has 1 unspecified atom stereocenters. The number of hydrogen-bond donors (Lipinski definition) is 0. The van der Waals surface area contributed by atoms with Gasteiger partial charge in [0.25, 0.3) is 0 Å². The number of ether oxygens (including phenoxy) is 2. The Kier molecular flexibility index (Phi) is 6.18. The van der Waals surface area contributed by atoms with E-state index >= 15 is 0 Å². The number of hydrogen-bond acceptors (Lipinski definition) is 7. The Morgan fingerprint density at radius 2 is 1.73 bits per heavy atom. The fourth-order valence-corrected chi connectivity index (χ4v) is 6.49. The van der Waals surface area contributed by atoms with Crippen molar-refractivity contribution in [1.29, 1.82) is 0 Å². The number of piperidine rings is 1. The van der Waals surface area contributed by atoms with Gasteiger partial charge in [0.1, 0.15) is 17.9 Å². The number of aryl methyl sites for hydroxylation is 1. The number of benzene rings is 1. The van der Waals surface area contributed by atoms with Crippen LogP contribution in [0.4, 0.5) is 5.82 Å². The third-order valence-electron chi connectivity index (χ3n) is 8.46. The van der Waals surface area contributed by atoms with Crippen LogP contribution in [0.1, 0.15) is 31.2 Å². The molecule has 3 heterocycles. The summed E-state index contributed by atoms with van der Waals surface area (Å²) in [7, 11) is 5.22. The highest BCUT2D eigenvalue weighted by Gasteiger charge is 2.43. The third kappa shape index (κ3) is 4.08. The first-order valence-corrected chi connectivity index (χ1v) is 13.1. The molecule has 2 aliphatic carbocycles. The highest BCUT2D eigenvalue weighted by molar-refractivity contribution is 5.93. The van der Waals surface area contributed by atoms with Crippen LogP contribution < -0.4 is 14.4 Å². The molecule has 3 atom stereocenters. The zero-order valence-corrected chi connectivity index (χ0v) is 21.6. The average molecular weight is 500 g/mol. The zero-order chi connectivity index (χ0) is 25.5. The molecule has 0 amide bonds. The fraction of sp³-hybridized carbons (Fsp3) is 0.448. The first kappa shape index (κ1) is 23.7. The quantitative estimate of drug-likeness (QED) is 0.479. The van der Waals surface area contributed by atoms with E-state index in [4.69, 9.17) is 9.47 Å². The van der Waals surface area contributed by atoms with E-state index in [-0.39, 0.29) is 17.8 Å². The normalized spacial score (nSPS) is 24.2. The molecule has 8 nitrogen and oxygen atoms in total.